The number of methoxy groups -OCH3 is 1. The highest BCUT2D eigenvalue weighted by Crippen LogP contribution is 2.46. The zero-order valence-electron chi connectivity index (χ0n) is 20.3. The molecule has 3 heterocycles. The molecule has 0 radical (unpaired) electrons. The van der Waals surface area contributed by atoms with Crippen LogP contribution in [0.4, 0.5) is 5.69 Å². The number of hydrogen-bond donors (Lipinski definition) is 2. The number of hydrogen-bond acceptors (Lipinski definition) is 6. The standard InChI is InChI=1S/C29H29N5O2/c1-17(13-30)14-31-28-22-10-19(7-6-18(22)8-9-27(28)36-2)23-4-3-5-24(32-23)29(35)33-25-11-21-16-34-15-20(25)12-26(21)34/h3-10,20-21,25-26,31H,1,11-12,14-16H2,2H3,(H,33,35)/t20-,21?,25?,26?/m1/s1. The first-order valence-electron chi connectivity index (χ1n) is 12.5. The van der Waals surface area contributed by atoms with Crippen molar-refractivity contribution in [3.8, 4) is 23.1 Å². The fraction of sp³-hybridized carbons (Fsp3) is 0.345. The van der Waals surface area contributed by atoms with Gasteiger partial charge in [0.15, 0.2) is 0 Å². The van der Waals surface area contributed by atoms with Gasteiger partial charge in [-0.15, -0.1) is 0 Å². The molecule has 7 heteroatoms. The van der Waals surface area contributed by atoms with E-state index in [-0.39, 0.29) is 11.9 Å². The Hall–Kier alpha value is -3.89. The van der Waals surface area contributed by atoms with Crippen molar-refractivity contribution in [3.05, 3.63) is 66.4 Å². The second kappa shape index (κ2) is 8.96. The Kier molecular flexibility index (Phi) is 5.62. The highest BCUT2D eigenvalue weighted by Gasteiger charge is 2.53. The second-order valence-corrected chi connectivity index (χ2v) is 10.1. The van der Waals surface area contributed by atoms with Gasteiger partial charge >= 0.3 is 0 Å². The molecule has 3 aromatic rings. The second-order valence-electron chi connectivity index (χ2n) is 10.1. The molecule has 2 N–H and O–H groups in total. The van der Waals surface area contributed by atoms with Crippen LogP contribution in [-0.2, 0) is 0 Å². The summed E-state index contributed by atoms with van der Waals surface area (Å²) in [4.78, 5) is 20.5. The Balaban J connectivity index is 1.27. The molecule has 1 aliphatic carbocycles. The smallest absolute Gasteiger partial charge is 0.270 e. The van der Waals surface area contributed by atoms with Gasteiger partial charge in [-0.1, -0.05) is 30.8 Å². The number of fused-ring (bicyclic) bond motifs is 2. The van der Waals surface area contributed by atoms with E-state index in [0.717, 1.165) is 52.6 Å². The molecule has 0 spiro atoms. The van der Waals surface area contributed by atoms with Crippen molar-refractivity contribution in [1.29, 1.82) is 5.26 Å². The number of nitriles is 1. The van der Waals surface area contributed by atoms with Crippen LogP contribution >= 0.6 is 0 Å². The van der Waals surface area contributed by atoms with Crippen LogP contribution < -0.4 is 15.4 Å². The van der Waals surface area contributed by atoms with Gasteiger partial charge in [0.1, 0.15) is 11.4 Å². The Morgan fingerprint density at radius 2 is 2.03 bits per heavy atom. The van der Waals surface area contributed by atoms with Gasteiger partial charge in [0.25, 0.3) is 5.91 Å². The minimum absolute atomic E-state index is 0.0979. The molecule has 1 amide bonds. The first-order valence-corrected chi connectivity index (χ1v) is 12.5. The van der Waals surface area contributed by atoms with Gasteiger partial charge in [0, 0.05) is 48.2 Å². The normalized spacial score (nSPS) is 24.0. The molecule has 3 aliphatic rings. The zero-order valence-corrected chi connectivity index (χ0v) is 20.3. The van der Waals surface area contributed by atoms with E-state index in [1.54, 1.807) is 13.2 Å². The number of rotatable bonds is 7. The number of anilines is 1. The van der Waals surface area contributed by atoms with Crippen LogP contribution in [-0.4, -0.2) is 54.6 Å². The minimum Gasteiger partial charge on any atom is -0.495 e. The van der Waals surface area contributed by atoms with Crippen molar-refractivity contribution < 1.29 is 9.53 Å². The van der Waals surface area contributed by atoms with Gasteiger partial charge in [-0.3, -0.25) is 9.69 Å². The van der Waals surface area contributed by atoms with Crippen molar-refractivity contribution in [2.24, 2.45) is 11.8 Å². The first-order chi connectivity index (χ1) is 17.5. The summed E-state index contributed by atoms with van der Waals surface area (Å²) >= 11 is 0. The average molecular weight is 480 g/mol. The fourth-order valence-corrected chi connectivity index (χ4v) is 6.18. The lowest BCUT2D eigenvalue weighted by Crippen LogP contribution is -2.54. The molecule has 2 bridgehead atoms. The fourth-order valence-electron chi connectivity index (χ4n) is 6.18. The maximum atomic E-state index is 13.2. The Morgan fingerprint density at radius 3 is 2.86 bits per heavy atom. The molecule has 3 unspecified atom stereocenters. The van der Waals surface area contributed by atoms with Crippen LogP contribution in [0, 0.1) is 23.2 Å². The highest BCUT2D eigenvalue weighted by atomic mass is 16.5. The van der Waals surface area contributed by atoms with Gasteiger partial charge in [0.05, 0.1) is 24.6 Å². The summed E-state index contributed by atoms with van der Waals surface area (Å²) in [6, 6.07) is 18.6. The summed E-state index contributed by atoms with van der Waals surface area (Å²) in [7, 11) is 1.62. The number of pyridine rings is 1. The minimum atomic E-state index is -0.0979. The summed E-state index contributed by atoms with van der Waals surface area (Å²) in [6.45, 7) is 6.39. The van der Waals surface area contributed by atoms with Gasteiger partial charge in [0.2, 0.25) is 0 Å². The number of benzene rings is 2. The Labute approximate surface area is 210 Å². The molecular weight excluding hydrogens is 450 g/mol. The van der Waals surface area contributed by atoms with Crippen LogP contribution in [0.5, 0.6) is 5.75 Å². The van der Waals surface area contributed by atoms with E-state index in [0.29, 0.717) is 29.5 Å². The summed E-state index contributed by atoms with van der Waals surface area (Å²) < 4.78 is 5.57. The summed E-state index contributed by atoms with van der Waals surface area (Å²) in [5.41, 5.74) is 3.30. The monoisotopic (exact) mass is 479 g/mol. The third kappa shape index (κ3) is 3.88. The van der Waals surface area contributed by atoms with Crippen LogP contribution in [0.15, 0.2) is 60.7 Å². The maximum absolute atomic E-state index is 13.2. The van der Waals surface area contributed by atoms with Gasteiger partial charge < -0.3 is 15.4 Å². The van der Waals surface area contributed by atoms with Crippen LogP contribution in [0.25, 0.3) is 22.0 Å². The van der Waals surface area contributed by atoms with Crippen molar-refractivity contribution >= 4 is 22.4 Å². The van der Waals surface area contributed by atoms with Crippen LogP contribution in [0.1, 0.15) is 23.3 Å². The molecular formula is C29H29N5O2. The summed E-state index contributed by atoms with van der Waals surface area (Å²) in [6.07, 6.45) is 2.29. The molecule has 1 aromatic heterocycles. The Bertz CT molecular complexity index is 1410. The molecule has 6 rings (SSSR count). The van der Waals surface area contributed by atoms with E-state index in [1.807, 2.05) is 42.5 Å². The lowest BCUT2D eigenvalue weighted by atomic mass is 9.75. The molecule has 182 valence electrons. The van der Waals surface area contributed by atoms with Gasteiger partial charge in [-0.25, -0.2) is 4.98 Å². The maximum Gasteiger partial charge on any atom is 0.270 e. The number of amides is 1. The third-order valence-corrected chi connectivity index (χ3v) is 8.06. The molecule has 1 saturated carbocycles. The van der Waals surface area contributed by atoms with E-state index in [2.05, 4.69) is 28.2 Å². The SMILES string of the molecule is C=C(C#N)CNc1c(OC)ccc2ccc(-c3cccc(C(=O)NC4CC5CN6C[C@H]4CC56)n3)cc12. The van der Waals surface area contributed by atoms with Crippen molar-refractivity contribution in [2.45, 2.75) is 24.9 Å². The molecule has 36 heavy (non-hydrogen) atoms. The molecule has 2 aliphatic heterocycles. The predicted octanol–water partition coefficient (Wildman–Crippen LogP) is 4.22. The lowest BCUT2D eigenvalue weighted by Gasteiger charge is -2.45. The largest absolute Gasteiger partial charge is 0.495 e. The number of aromatic nitrogens is 1. The van der Waals surface area contributed by atoms with Crippen molar-refractivity contribution in [2.75, 3.05) is 32.1 Å². The predicted molar refractivity (Wildman–Crippen MR) is 140 cm³/mol. The lowest BCUT2D eigenvalue weighted by molar-refractivity contribution is 0.0422. The van der Waals surface area contributed by atoms with E-state index in [1.165, 1.54) is 13.0 Å². The number of nitrogens with zero attached hydrogens (tertiary/aromatic N) is 3. The summed E-state index contributed by atoms with van der Waals surface area (Å²) in [5, 5.41) is 17.7. The van der Waals surface area contributed by atoms with Gasteiger partial charge in [-0.05, 0) is 54.3 Å². The number of carbonyl (C=O) groups is 1. The van der Waals surface area contributed by atoms with Crippen molar-refractivity contribution in [3.63, 3.8) is 0 Å². The quantitative estimate of drug-likeness (QED) is 0.493. The van der Waals surface area contributed by atoms with E-state index >= 15 is 0 Å². The van der Waals surface area contributed by atoms with Crippen LogP contribution in [0.3, 0.4) is 0 Å². The van der Waals surface area contributed by atoms with E-state index < -0.39 is 0 Å². The first kappa shape index (κ1) is 22.6. The molecule has 2 saturated heterocycles. The number of nitrogens with one attached hydrogen (secondary N) is 2. The zero-order chi connectivity index (χ0) is 24.8. The van der Waals surface area contributed by atoms with Crippen molar-refractivity contribution in [1.82, 2.24) is 15.2 Å². The third-order valence-electron chi connectivity index (χ3n) is 8.06. The van der Waals surface area contributed by atoms with E-state index in [4.69, 9.17) is 15.0 Å². The molecule has 2 aromatic carbocycles. The molecule has 3 fully saturated rings. The Morgan fingerprint density at radius 1 is 1.19 bits per heavy atom. The number of carbonyl (C=O) groups excluding carboxylic acids is 1. The van der Waals surface area contributed by atoms with Crippen LogP contribution in [0.2, 0.25) is 0 Å². The molecule has 4 atom stereocenters. The topological polar surface area (TPSA) is 90.3 Å². The average Bonchev–Trinajstić information content (AvgIpc) is 3.05. The number of ether oxygens (including phenoxy) is 1. The summed E-state index contributed by atoms with van der Waals surface area (Å²) in [5.74, 6) is 1.87. The highest BCUT2D eigenvalue weighted by molar-refractivity contribution is 5.99. The van der Waals surface area contributed by atoms with Gasteiger partial charge in [-0.2, -0.15) is 5.26 Å². The molecule has 7 nitrogen and oxygen atoms in total. The van der Waals surface area contributed by atoms with E-state index in [9.17, 15) is 4.79 Å².